The molecule has 0 rings (SSSR count). The second-order valence-corrected chi connectivity index (χ2v) is 2.59. The SMILES string of the molecule is C/C=C\C(C)=C(C)C.C=CC.CC. The van der Waals surface area contributed by atoms with Gasteiger partial charge in [0.2, 0.25) is 0 Å². The van der Waals surface area contributed by atoms with Gasteiger partial charge in [0.1, 0.15) is 0 Å². The van der Waals surface area contributed by atoms with Crippen LogP contribution in [-0.4, -0.2) is 0 Å². The van der Waals surface area contributed by atoms with Crippen LogP contribution in [0.15, 0.2) is 36.0 Å². The lowest BCUT2D eigenvalue weighted by atomic mass is 10.2. The highest BCUT2D eigenvalue weighted by Gasteiger charge is 1.80. The third-order valence-electron chi connectivity index (χ3n) is 1.21. The topological polar surface area (TPSA) is 0 Å². The summed E-state index contributed by atoms with van der Waals surface area (Å²) in [5.74, 6) is 0. The standard InChI is InChI=1S/C8H14.C3H6.C2H6/c1-5-6-8(4)7(2)3;1-3-2;1-2/h5-6H,1-4H3;3H,1H2,2H3;1-2H3/b6-5-;;. The van der Waals surface area contributed by atoms with Crippen LogP contribution < -0.4 is 0 Å². The lowest BCUT2D eigenvalue weighted by molar-refractivity contribution is 1.29. The zero-order chi connectivity index (χ0) is 11.3. The molecule has 0 bridgehead atoms. The summed E-state index contributed by atoms with van der Waals surface area (Å²) < 4.78 is 0. The van der Waals surface area contributed by atoms with Crippen LogP contribution in [-0.2, 0) is 0 Å². The van der Waals surface area contributed by atoms with Crippen molar-refractivity contribution >= 4 is 0 Å². The van der Waals surface area contributed by atoms with Crippen molar-refractivity contribution < 1.29 is 0 Å². The summed E-state index contributed by atoms with van der Waals surface area (Å²) >= 11 is 0. The maximum Gasteiger partial charge on any atom is -0.0399 e. The summed E-state index contributed by atoms with van der Waals surface area (Å²) in [7, 11) is 0. The Morgan fingerprint density at radius 1 is 1.00 bits per heavy atom. The summed E-state index contributed by atoms with van der Waals surface area (Å²) in [5, 5.41) is 0. The van der Waals surface area contributed by atoms with E-state index in [4.69, 9.17) is 0 Å². The van der Waals surface area contributed by atoms with Gasteiger partial charge in [-0.25, -0.2) is 0 Å². The van der Waals surface area contributed by atoms with Gasteiger partial charge < -0.3 is 0 Å². The monoisotopic (exact) mass is 182 g/mol. The Balaban J connectivity index is -0.000000169. The molecule has 0 atom stereocenters. The molecule has 0 aromatic heterocycles. The molecule has 0 aromatic carbocycles. The predicted molar refractivity (Wildman–Crippen MR) is 66.1 cm³/mol. The van der Waals surface area contributed by atoms with Crippen molar-refractivity contribution in [1.29, 1.82) is 0 Å². The van der Waals surface area contributed by atoms with Crippen LogP contribution in [0.25, 0.3) is 0 Å². The second kappa shape index (κ2) is 17.3. The first-order chi connectivity index (χ1) is 6.09. The molecule has 0 aromatic rings. The van der Waals surface area contributed by atoms with E-state index < -0.39 is 0 Å². The molecule has 0 spiro atoms. The predicted octanol–water partition coefficient (Wildman–Crippen LogP) is 5.14. The molecule has 0 fully saturated rings. The van der Waals surface area contributed by atoms with Gasteiger partial charge in [-0.2, -0.15) is 0 Å². The Morgan fingerprint density at radius 3 is 1.38 bits per heavy atom. The van der Waals surface area contributed by atoms with Crippen molar-refractivity contribution in [3.8, 4) is 0 Å². The van der Waals surface area contributed by atoms with Gasteiger partial charge in [-0.1, -0.05) is 43.2 Å². The first kappa shape index (κ1) is 18.1. The quantitative estimate of drug-likeness (QED) is 0.389. The molecule has 0 N–H and O–H groups in total. The lowest BCUT2D eigenvalue weighted by Gasteiger charge is -1.91. The average Bonchev–Trinajstić information content (AvgIpc) is 2.10. The molecule has 0 aliphatic heterocycles. The van der Waals surface area contributed by atoms with Crippen LogP contribution in [0.2, 0.25) is 0 Å². The molecule has 0 saturated heterocycles. The fourth-order valence-electron chi connectivity index (χ4n) is 0.417. The van der Waals surface area contributed by atoms with Crippen LogP contribution in [0, 0.1) is 0 Å². The number of allylic oxidation sites excluding steroid dienone is 5. The van der Waals surface area contributed by atoms with E-state index in [1.807, 2.05) is 27.7 Å². The maximum absolute atomic E-state index is 3.36. The van der Waals surface area contributed by atoms with Crippen molar-refractivity contribution in [3.63, 3.8) is 0 Å². The summed E-state index contributed by atoms with van der Waals surface area (Å²) in [5.41, 5.74) is 2.76. The first-order valence-electron chi connectivity index (χ1n) is 4.93. The molecule has 78 valence electrons. The Hall–Kier alpha value is -0.780. The molecule has 0 nitrogen and oxygen atoms in total. The van der Waals surface area contributed by atoms with Crippen molar-refractivity contribution in [2.45, 2.75) is 48.5 Å². The molecule has 0 saturated carbocycles. The van der Waals surface area contributed by atoms with Crippen molar-refractivity contribution in [2.75, 3.05) is 0 Å². The van der Waals surface area contributed by atoms with E-state index in [0.29, 0.717) is 0 Å². The molecule has 0 aliphatic carbocycles. The zero-order valence-corrected chi connectivity index (χ0v) is 10.4. The van der Waals surface area contributed by atoms with Crippen molar-refractivity contribution in [1.82, 2.24) is 0 Å². The van der Waals surface area contributed by atoms with Gasteiger partial charge in [0.05, 0.1) is 0 Å². The first-order valence-corrected chi connectivity index (χ1v) is 4.93. The third kappa shape index (κ3) is 24.7. The van der Waals surface area contributed by atoms with Gasteiger partial charge in [0.25, 0.3) is 0 Å². The minimum absolute atomic E-state index is 1.37. The molecular formula is C13H26. The van der Waals surface area contributed by atoms with Crippen LogP contribution in [0.4, 0.5) is 0 Å². The van der Waals surface area contributed by atoms with E-state index in [2.05, 4.69) is 39.5 Å². The Morgan fingerprint density at radius 2 is 1.31 bits per heavy atom. The fraction of sp³-hybridized carbons (Fsp3) is 0.538. The van der Waals surface area contributed by atoms with E-state index >= 15 is 0 Å². The van der Waals surface area contributed by atoms with Gasteiger partial charge in [0.15, 0.2) is 0 Å². The Bertz CT molecular complexity index is 143. The lowest BCUT2D eigenvalue weighted by Crippen LogP contribution is -1.70. The second-order valence-electron chi connectivity index (χ2n) is 2.59. The highest BCUT2D eigenvalue weighted by atomic mass is 13.9. The highest BCUT2D eigenvalue weighted by Crippen LogP contribution is 2.01. The van der Waals surface area contributed by atoms with Crippen molar-refractivity contribution in [3.05, 3.63) is 36.0 Å². The van der Waals surface area contributed by atoms with Crippen LogP contribution >= 0.6 is 0 Å². The molecule has 0 amide bonds. The average molecular weight is 182 g/mol. The van der Waals surface area contributed by atoms with Crippen LogP contribution in [0.1, 0.15) is 48.5 Å². The molecule has 13 heavy (non-hydrogen) atoms. The zero-order valence-electron chi connectivity index (χ0n) is 10.4. The van der Waals surface area contributed by atoms with Crippen LogP contribution in [0.3, 0.4) is 0 Å². The van der Waals surface area contributed by atoms with Gasteiger partial charge in [-0.15, -0.1) is 6.58 Å². The molecule has 0 unspecified atom stereocenters. The summed E-state index contributed by atoms with van der Waals surface area (Å²) in [6.45, 7) is 17.6. The van der Waals surface area contributed by atoms with E-state index in [9.17, 15) is 0 Å². The van der Waals surface area contributed by atoms with Crippen molar-refractivity contribution in [2.24, 2.45) is 0 Å². The molecule has 0 heterocycles. The van der Waals surface area contributed by atoms with Gasteiger partial charge in [0, 0.05) is 0 Å². The van der Waals surface area contributed by atoms with Crippen LogP contribution in [0.5, 0.6) is 0 Å². The Labute approximate surface area is 85.1 Å². The van der Waals surface area contributed by atoms with Gasteiger partial charge in [-0.3, -0.25) is 0 Å². The summed E-state index contributed by atoms with van der Waals surface area (Å²) in [6.07, 6.45) is 5.93. The number of hydrogen-bond acceptors (Lipinski definition) is 0. The fourth-order valence-corrected chi connectivity index (χ4v) is 0.417. The minimum Gasteiger partial charge on any atom is -0.103 e. The number of rotatable bonds is 1. The maximum atomic E-state index is 3.36. The molecular weight excluding hydrogens is 156 g/mol. The number of hydrogen-bond donors (Lipinski definition) is 0. The molecule has 0 radical (unpaired) electrons. The smallest absolute Gasteiger partial charge is 0.0399 e. The van der Waals surface area contributed by atoms with E-state index in [-0.39, 0.29) is 0 Å². The molecule has 0 heteroatoms. The van der Waals surface area contributed by atoms with E-state index in [1.54, 1.807) is 6.08 Å². The summed E-state index contributed by atoms with van der Waals surface area (Å²) in [4.78, 5) is 0. The van der Waals surface area contributed by atoms with E-state index in [1.165, 1.54) is 11.1 Å². The molecule has 0 aliphatic rings. The largest absolute Gasteiger partial charge is 0.103 e. The Kier molecular flexibility index (Phi) is 24.1. The third-order valence-corrected chi connectivity index (χ3v) is 1.21. The van der Waals surface area contributed by atoms with Gasteiger partial charge >= 0.3 is 0 Å². The van der Waals surface area contributed by atoms with E-state index in [0.717, 1.165) is 0 Å². The normalized spacial score (nSPS) is 7.62. The van der Waals surface area contributed by atoms with Gasteiger partial charge in [-0.05, 0) is 34.6 Å². The highest BCUT2D eigenvalue weighted by molar-refractivity contribution is 5.19. The summed E-state index contributed by atoms with van der Waals surface area (Å²) in [6, 6.07) is 0. The minimum atomic E-state index is 1.37.